The van der Waals surface area contributed by atoms with Gasteiger partial charge in [-0.1, -0.05) is 41.1 Å². The Morgan fingerprint density at radius 1 is 1.43 bits per heavy atom. The molecule has 0 aliphatic heterocycles. The van der Waals surface area contributed by atoms with Crippen LogP contribution in [0.2, 0.25) is 0 Å². The standard InChI is InChI=1S/C11H16BrNO/c1-11(8-14,6-7-13)9-4-2-3-5-10(9)12/h2-5,14H,6-8,13H2,1H3. The highest BCUT2D eigenvalue weighted by molar-refractivity contribution is 9.10. The molecule has 0 heterocycles. The molecule has 1 aromatic rings. The molecule has 0 aliphatic carbocycles. The Balaban J connectivity index is 3.05. The number of hydrogen-bond acceptors (Lipinski definition) is 2. The molecule has 1 rings (SSSR count). The minimum Gasteiger partial charge on any atom is -0.395 e. The van der Waals surface area contributed by atoms with Crippen molar-refractivity contribution >= 4 is 15.9 Å². The van der Waals surface area contributed by atoms with E-state index in [0.29, 0.717) is 6.54 Å². The normalized spacial score (nSPS) is 15.1. The number of benzene rings is 1. The van der Waals surface area contributed by atoms with Gasteiger partial charge >= 0.3 is 0 Å². The third-order valence-corrected chi connectivity index (χ3v) is 3.26. The largest absolute Gasteiger partial charge is 0.395 e. The number of aliphatic hydroxyl groups is 1. The molecule has 14 heavy (non-hydrogen) atoms. The van der Waals surface area contributed by atoms with Gasteiger partial charge in [0.05, 0.1) is 6.61 Å². The van der Waals surface area contributed by atoms with E-state index in [2.05, 4.69) is 15.9 Å². The van der Waals surface area contributed by atoms with Crippen molar-refractivity contribution < 1.29 is 5.11 Å². The molecule has 3 N–H and O–H groups in total. The van der Waals surface area contributed by atoms with Crippen LogP contribution in [0, 0.1) is 0 Å². The summed E-state index contributed by atoms with van der Waals surface area (Å²) in [6.07, 6.45) is 0.784. The fraction of sp³-hybridized carbons (Fsp3) is 0.455. The molecule has 0 fully saturated rings. The van der Waals surface area contributed by atoms with Crippen LogP contribution in [-0.2, 0) is 5.41 Å². The van der Waals surface area contributed by atoms with Crippen LogP contribution in [0.1, 0.15) is 18.9 Å². The second-order valence-corrected chi connectivity index (χ2v) is 4.59. The molecule has 1 atom stereocenters. The van der Waals surface area contributed by atoms with Gasteiger partial charge in [0, 0.05) is 9.89 Å². The SMILES string of the molecule is CC(CO)(CCN)c1ccccc1Br. The number of hydrogen-bond donors (Lipinski definition) is 2. The summed E-state index contributed by atoms with van der Waals surface area (Å²) in [6, 6.07) is 7.95. The predicted molar refractivity (Wildman–Crippen MR) is 62.3 cm³/mol. The van der Waals surface area contributed by atoms with Gasteiger partial charge in [0.15, 0.2) is 0 Å². The van der Waals surface area contributed by atoms with E-state index in [4.69, 9.17) is 5.73 Å². The van der Waals surface area contributed by atoms with Gasteiger partial charge in [-0.3, -0.25) is 0 Å². The van der Waals surface area contributed by atoms with E-state index in [0.717, 1.165) is 16.5 Å². The van der Waals surface area contributed by atoms with E-state index in [-0.39, 0.29) is 12.0 Å². The van der Waals surface area contributed by atoms with Gasteiger partial charge in [-0.15, -0.1) is 0 Å². The molecule has 0 bridgehead atoms. The summed E-state index contributed by atoms with van der Waals surface area (Å²) in [6.45, 7) is 2.73. The predicted octanol–water partition coefficient (Wildman–Crippen LogP) is 2.05. The Hall–Kier alpha value is -0.380. The molecule has 0 spiro atoms. The van der Waals surface area contributed by atoms with Gasteiger partial charge < -0.3 is 10.8 Å². The van der Waals surface area contributed by atoms with Crippen molar-refractivity contribution in [1.82, 2.24) is 0 Å². The highest BCUT2D eigenvalue weighted by Gasteiger charge is 2.26. The van der Waals surface area contributed by atoms with Crippen LogP contribution in [0.15, 0.2) is 28.7 Å². The maximum atomic E-state index is 9.42. The Morgan fingerprint density at radius 2 is 2.07 bits per heavy atom. The van der Waals surface area contributed by atoms with Crippen molar-refractivity contribution in [2.45, 2.75) is 18.8 Å². The zero-order valence-corrected chi connectivity index (χ0v) is 9.92. The maximum Gasteiger partial charge on any atom is 0.0526 e. The highest BCUT2D eigenvalue weighted by atomic mass is 79.9. The Bertz CT molecular complexity index is 303. The molecule has 1 unspecified atom stereocenters. The zero-order chi connectivity index (χ0) is 10.6. The van der Waals surface area contributed by atoms with E-state index in [1.165, 1.54) is 0 Å². The van der Waals surface area contributed by atoms with Crippen LogP contribution in [0.4, 0.5) is 0 Å². The lowest BCUT2D eigenvalue weighted by atomic mass is 9.80. The number of aliphatic hydroxyl groups excluding tert-OH is 1. The lowest BCUT2D eigenvalue weighted by molar-refractivity contribution is 0.198. The summed E-state index contributed by atoms with van der Waals surface area (Å²) in [5.41, 5.74) is 6.43. The van der Waals surface area contributed by atoms with Gasteiger partial charge in [-0.05, 0) is 24.6 Å². The first-order valence-electron chi connectivity index (χ1n) is 4.70. The molecular formula is C11H16BrNO. The lowest BCUT2D eigenvalue weighted by Gasteiger charge is -2.28. The zero-order valence-electron chi connectivity index (χ0n) is 8.33. The van der Waals surface area contributed by atoms with E-state index < -0.39 is 0 Å². The Labute approximate surface area is 93.3 Å². The topological polar surface area (TPSA) is 46.2 Å². The third-order valence-electron chi connectivity index (χ3n) is 2.57. The Morgan fingerprint density at radius 3 is 2.57 bits per heavy atom. The minimum atomic E-state index is -0.241. The van der Waals surface area contributed by atoms with Crippen LogP contribution in [0.25, 0.3) is 0 Å². The van der Waals surface area contributed by atoms with Crippen molar-refractivity contribution in [3.05, 3.63) is 34.3 Å². The van der Waals surface area contributed by atoms with Crippen molar-refractivity contribution in [2.24, 2.45) is 5.73 Å². The average molecular weight is 258 g/mol. The molecule has 3 heteroatoms. The number of halogens is 1. The Kier molecular flexibility index (Phi) is 4.11. The molecule has 0 amide bonds. The fourth-order valence-electron chi connectivity index (χ4n) is 1.57. The van der Waals surface area contributed by atoms with Crippen LogP contribution in [0.3, 0.4) is 0 Å². The second kappa shape index (κ2) is 4.91. The van der Waals surface area contributed by atoms with Gasteiger partial charge in [0.2, 0.25) is 0 Å². The molecule has 78 valence electrons. The summed E-state index contributed by atoms with van der Waals surface area (Å²) in [4.78, 5) is 0. The number of nitrogens with two attached hydrogens (primary N) is 1. The summed E-state index contributed by atoms with van der Waals surface area (Å²) in [5.74, 6) is 0. The fourth-order valence-corrected chi connectivity index (χ4v) is 2.33. The summed E-state index contributed by atoms with van der Waals surface area (Å²) >= 11 is 3.49. The highest BCUT2D eigenvalue weighted by Crippen LogP contribution is 2.32. The monoisotopic (exact) mass is 257 g/mol. The van der Waals surface area contributed by atoms with Gasteiger partial charge in [0.1, 0.15) is 0 Å². The molecule has 0 saturated heterocycles. The first kappa shape index (κ1) is 11.7. The molecule has 0 radical (unpaired) electrons. The van der Waals surface area contributed by atoms with E-state index in [9.17, 15) is 5.11 Å². The first-order chi connectivity index (χ1) is 6.64. The molecule has 0 aromatic heterocycles. The first-order valence-corrected chi connectivity index (χ1v) is 5.49. The maximum absolute atomic E-state index is 9.42. The quantitative estimate of drug-likeness (QED) is 0.868. The van der Waals surface area contributed by atoms with Gasteiger partial charge in [-0.2, -0.15) is 0 Å². The molecule has 0 aliphatic rings. The smallest absolute Gasteiger partial charge is 0.0526 e. The van der Waals surface area contributed by atoms with Gasteiger partial charge in [-0.25, -0.2) is 0 Å². The molecule has 2 nitrogen and oxygen atoms in total. The molecule has 1 aromatic carbocycles. The second-order valence-electron chi connectivity index (χ2n) is 3.74. The van der Waals surface area contributed by atoms with E-state index in [1.807, 2.05) is 31.2 Å². The van der Waals surface area contributed by atoms with Crippen LogP contribution >= 0.6 is 15.9 Å². The summed E-state index contributed by atoms with van der Waals surface area (Å²) in [5, 5.41) is 9.42. The average Bonchev–Trinajstić information content (AvgIpc) is 2.18. The van der Waals surface area contributed by atoms with Crippen molar-refractivity contribution in [2.75, 3.05) is 13.2 Å². The van der Waals surface area contributed by atoms with Crippen molar-refractivity contribution in [3.63, 3.8) is 0 Å². The summed E-state index contributed by atoms with van der Waals surface area (Å²) in [7, 11) is 0. The van der Waals surface area contributed by atoms with Gasteiger partial charge in [0.25, 0.3) is 0 Å². The number of rotatable bonds is 4. The van der Waals surface area contributed by atoms with E-state index >= 15 is 0 Å². The minimum absolute atomic E-state index is 0.118. The molecule has 0 saturated carbocycles. The molecular weight excluding hydrogens is 242 g/mol. The van der Waals surface area contributed by atoms with Crippen LogP contribution in [0.5, 0.6) is 0 Å². The van der Waals surface area contributed by atoms with Crippen LogP contribution in [-0.4, -0.2) is 18.3 Å². The summed E-state index contributed by atoms with van der Waals surface area (Å²) < 4.78 is 1.03. The van der Waals surface area contributed by atoms with Crippen molar-refractivity contribution in [1.29, 1.82) is 0 Å². The lowest BCUT2D eigenvalue weighted by Crippen LogP contribution is -2.30. The van der Waals surface area contributed by atoms with E-state index in [1.54, 1.807) is 0 Å². The third kappa shape index (κ3) is 2.35. The van der Waals surface area contributed by atoms with Crippen molar-refractivity contribution in [3.8, 4) is 0 Å². The van der Waals surface area contributed by atoms with Crippen LogP contribution < -0.4 is 5.73 Å².